The SMILES string of the molecule is C=CC1(O)CC=CC1=O. The van der Waals surface area contributed by atoms with Crippen molar-refractivity contribution in [3.63, 3.8) is 0 Å². The van der Waals surface area contributed by atoms with Crippen LogP contribution < -0.4 is 0 Å². The average Bonchev–Trinajstić information content (AvgIpc) is 2.15. The molecule has 1 aliphatic rings. The molecule has 0 aliphatic heterocycles. The molecule has 0 saturated carbocycles. The van der Waals surface area contributed by atoms with Gasteiger partial charge in [-0.25, -0.2) is 0 Å². The Morgan fingerprint density at radius 1 is 1.89 bits per heavy atom. The number of ketones is 1. The van der Waals surface area contributed by atoms with Crippen LogP contribution in [0, 0.1) is 0 Å². The molecule has 48 valence electrons. The minimum atomic E-state index is -1.29. The van der Waals surface area contributed by atoms with Crippen LogP contribution in [0.2, 0.25) is 0 Å². The van der Waals surface area contributed by atoms with Crippen molar-refractivity contribution in [2.75, 3.05) is 0 Å². The molecule has 0 amide bonds. The van der Waals surface area contributed by atoms with Crippen LogP contribution in [0.4, 0.5) is 0 Å². The Bertz CT molecular complexity index is 181. The number of carbonyl (C=O) groups is 1. The van der Waals surface area contributed by atoms with E-state index in [1.807, 2.05) is 0 Å². The third-order valence-electron chi connectivity index (χ3n) is 1.46. The van der Waals surface area contributed by atoms with Crippen molar-refractivity contribution in [1.82, 2.24) is 0 Å². The molecule has 1 rings (SSSR count). The normalized spacial score (nSPS) is 33.2. The maximum atomic E-state index is 10.7. The van der Waals surface area contributed by atoms with Crippen molar-refractivity contribution >= 4 is 5.78 Å². The Morgan fingerprint density at radius 3 is 2.78 bits per heavy atom. The van der Waals surface area contributed by atoms with Crippen molar-refractivity contribution in [2.45, 2.75) is 12.0 Å². The lowest BCUT2D eigenvalue weighted by Gasteiger charge is -2.13. The lowest BCUT2D eigenvalue weighted by Crippen LogP contribution is -2.30. The number of rotatable bonds is 1. The van der Waals surface area contributed by atoms with Crippen molar-refractivity contribution in [1.29, 1.82) is 0 Å². The Morgan fingerprint density at radius 2 is 2.56 bits per heavy atom. The van der Waals surface area contributed by atoms with Crippen LogP contribution in [-0.4, -0.2) is 16.5 Å². The predicted molar refractivity (Wildman–Crippen MR) is 33.9 cm³/mol. The van der Waals surface area contributed by atoms with Crippen molar-refractivity contribution in [3.05, 3.63) is 24.8 Å². The van der Waals surface area contributed by atoms with Gasteiger partial charge in [0.1, 0.15) is 5.60 Å². The zero-order valence-corrected chi connectivity index (χ0v) is 5.00. The summed E-state index contributed by atoms with van der Waals surface area (Å²) in [4.78, 5) is 10.7. The average molecular weight is 124 g/mol. The molecule has 0 aromatic rings. The molecule has 0 bridgehead atoms. The molecule has 0 fully saturated rings. The molecule has 0 aromatic carbocycles. The number of hydrogen-bond acceptors (Lipinski definition) is 2. The Hall–Kier alpha value is -0.890. The van der Waals surface area contributed by atoms with Crippen LogP contribution in [0.25, 0.3) is 0 Å². The molecule has 1 aliphatic carbocycles. The summed E-state index contributed by atoms with van der Waals surface area (Å²) in [6, 6.07) is 0. The first-order valence-electron chi connectivity index (χ1n) is 2.76. The van der Waals surface area contributed by atoms with Crippen LogP contribution in [0.5, 0.6) is 0 Å². The summed E-state index contributed by atoms with van der Waals surface area (Å²) in [6.45, 7) is 3.35. The van der Waals surface area contributed by atoms with Gasteiger partial charge in [0.05, 0.1) is 0 Å². The Labute approximate surface area is 53.5 Å². The van der Waals surface area contributed by atoms with E-state index < -0.39 is 5.60 Å². The summed E-state index contributed by atoms with van der Waals surface area (Å²) < 4.78 is 0. The Kier molecular flexibility index (Phi) is 1.25. The fraction of sp³-hybridized carbons (Fsp3) is 0.286. The van der Waals surface area contributed by atoms with Gasteiger partial charge in [-0.15, -0.1) is 0 Å². The molecular formula is C7H8O2. The molecular weight excluding hydrogens is 116 g/mol. The Balaban J connectivity index is 2.86. The van der Waals surface area contributed by atoms with Gasteiger partial charge in [0.2, 0.25) is 0 Å². The molecule has 1 unspecified atom stereocenters. The van der Waals surface area contributed by atoms with E-state index in [2.05, 4.69) is 6.58 Å². The quantitative estimate of drug-likeness (QED) is 0.515. The second-order valence-electron chi connectivity index (χ2n) is 2.10. The molecule has 9 heavy (non-hydrogen) atoms. The van der Waals surface area contributed by atoms with Gasteiger partial charge in [0.15, 0.2) is 5.78 Å². The molecule has 1 N–H and O–H groups in total. The summed E-state index contributed by atoms with van der Waals surface area (Å²) in [5.41, 5.74) is -1.29. The summed E-state index contributed by atoms with van der Waals surface area (Å²) in [6.07, 6.45) is 4.66. The van der Waals surface area contributed by atoms with Gasteiger partial charge in [-0.1, -0.05) is 18.7 Å². The molecule has 0 heterocycles. The van der Waals surface area contributed by atoms with E-state index in [1.54, 1.807) is 6.08 Å². The number of hydrogen-bond donors (Lipinski definition) is 1. The lowest BCUT2D eigenvalue weighted by molar-refractivity contribution is -0.126. The van der Waals surface area contributed by atoms with Crippen molar-refractivity contribution in [3.8, 4) is 0 Å². The maximum Gasteiger partial charge on any atom is 0.191 e. The second-order valence-corrected chi connectivity index (χ2v) is 2.10. The van der Waals surface area contributed by atoms with Gasteiger partial charge in [0.25, 0.3) is 0 Å². The summed E-state index contributed by atoms with van der Waals surface area (Å²) in [5.74, 6) is -0.266. The highest BCUT2D eigenvalue weighted by atomic mass is 16.3. The smallest absolute Gasteiger partial charge is 0.191 e. The predicted octanol–water partition coefficient (Wildman–Crippen LogP) is 0.432. The second kappa shape index (κ2) is 1.81. The third-order valence-corrected chi connectivity index (χ3v) is 1.46. The van der Waals surface area contributed by atoms with E-state index in [-0.39, 0.29) is 5.78 Å². The van der Waals surface area contributed by atoms with Gasteiger partial charge in [-0.2, -0.15) is 0 Å². The van der Waals surface area contributed by atoms with Crippen molar-refractivity contribution < 1.29 is 9.90 Å². The van der Waals surface area contributed by atoms with E-state index in [9.17, 15) is 9.90 Å². The van der Waals surface area contributed by atoms with Crippen LogP contribution in [0.1, 0.15) is 6.42 Å². The van der Waals surface area contributed by atoms with Gasteiger partial charge in [-0.3, -0.25) is 4.79 Å². The molecule has 0 spiro atoms. The van der Waals surface area contributed by atoms with Crippen LogP contribution in [0.3, 0.4) is 0 Å². The summed E-state index contributed by atoms with van der Waals surface area (Å²) in [5, 5.41) is 9.24. The van der Waals surface area contributed by atoms with E-state index in [0.29, 0.717) is 6.42 Å². The highest BCUT2D eigenvalue weighted by Gasteiger charge is 2.32. The van der Waals surface area contributed by atoms with Gasteiger partial charge in [0, 0.05) is 6.42 Å². The lowest BCUT2D eigenvalue weighted by atomic mass is 10.0. The highest BCUT2D eigenvalue weighted by molar-refractivity contribution is 6.00. The van der Waals surface area contributed by atoms with Gasteiger partial charge in [-0.05, 0) is 6.08 Å². The molecule has 2 nitrogen and oxygen atoms in total. The first kappa shape index (κ1) is 6.23. The molecule has 0 radical (unpaired) electrons. The first-order valence-corrected chi connectivity index (χ1v) is 2.76. The van der Waals surface area contributed by atoms with E-state index in [4.69, 9.17) is 0 Å². The minimum absolute atomic E-state index is 0.266. The number of aliphatic hydroxyl groups is 1. The van der Waals surface area contributed by atoms with Crippen LogP contribution in [-0.2, 0) is 4.79 Å². The molecule has 1 atom stereocenters. The maximum absolute atomic E-state index is 10.7. The van der Waals surface area contributed by atoms with Crippen LogP contribution >= 0.6 is 0 Å². The molecule has 0 saturated heterocycles. The zero-order chi connectivity index (χ0) is 6.91. The zero-order valence-electron chi connectivity index (χ0n) is 5.00. The topological polar surface area (TPSA) is 37.3 Å². The van der Waals surface area contributed by atoms with Gasteiger partial charge < -0.3 is 5.11 Å². The number of carbonyl (C=O) groups excluding carboxylic acids is 1. The van der Waals surface area contributed by atoms with Crippen LogP contribution in [0.15, 0.2) is 24.8 Å². The summed E-state index contributed by atoms with van der Waals surface area (Å²) >= 11 is 0. The third kappa shape index (κ3) is 0.813. The monoisotopic (exact) mass is 124 g/mol. The fourth-order valence-electron chi connectivity index (χ4n) is 0.774. The largest absolute Gasteiger partial charge is 0.377 e. The van der Waals surface area contributed by atoms with E-state index in [0.717, 1.165) is 0 Å². The molecule has 0 aromatic heterocycles. The standard InChI is InChI=1S/C7H8O2/c1-2-7(9)5-3-4-6(7)8/h2-4,9H,1,5H2. The first-order chi connectivity index (χ1) is 4.19. The van der Waals surface area contributed by atoms with E-state index >= 15 is 0 Å². The highest BCUT2D eigenvalue weighted by Crippen LogP contribution is 2.20. The van der Waals surface area contributed by atoms with E-state index in [1.165, 1.54) is 12.2 Å². The minimum Gasteiger partial charge on any atom is -0.377 e. The van der Waals surface area contributed by atoms with Crippen molar-refractivity contribution in [2.24, 2.45) is 0 Å². The molecule has 2 heteroatoms. The summed E-state index contributed by atoms with van der Waals surface area (Å²) in [7, 11) is 0. The van der Waals surface area contributed by atoms with Gasteiger partial charge >= 0.3 is 0 Å². The fourth-order valence-corrected chi connectivity index (χ4v) is 0.774.